The Morgan fingerprint density at radius 2 is 1.88 bits per heavy atom. The Hall–Kier alpha value is -2.97. The molecule has 0 bridgehead atoms. The minimum atomic E-state index is -0.572. The SMILES string of the molecule is CC(=O)N1CCC[C@@H](C(=O)NNC(=O)c2ccc([N+](=O)[O-])cc2)C1. The minimum absolute atomic E-state index is 0.0811. The van der Waals surface area contributed by atoms with E-state index < -0.39 is 10.8 Å². The lowest BCUT2D eigenvalue weighted by Gasteiger charge is -2.31. The summed E-state index contributed by atoms with van der Waals surface area (Å²) in [6.07, 6.45) is 1.37. The summed E-state index contributed by atoms with van der Waals surface area (Å²) < 4.78 is 0. The van der Waals surface area contributed by atoms with Gasteiger partial charge < -0.3 is 4.90 Å². The van der Waals surface area contributed by atoms with Crippen molar-refractivity contribution in [3.05, 3.63) is 39.9 Å². The number of nitro benzene ring substituents is 1. The van der Waals surface area contributed by atoms with Crippen molar-refractivity contribution in [2.75, 3.05) is 13.1 Å². The fourth-order valence-corrected chi connectivity index (χ4v) is 2.50. The lowest BCUT2D eigenvalue weighted by atomic mass is 9.97. The van der Waals surface area contributed by atoms with Gasteiger partial charge in [-0.2, -0.15) is 0 Å². The van der Waals surface area contributed by atoms with E-state index in [4.69, 9.17) is 0 Å². The molecular weight excluding hydrogens is 316 g/mol. The average molecular weight is 334 g/mol. The molecule has 1 aliphatic heterocycles. The molecule has 1 aliphatic rings. The maximum Gasteiger partial charge on any atom is 0.269 e. The van der Waals surface area contributed by atoms with E-state index in [-0.39, 0.29) is 29.0 Å². The molecule has 2 N–H and O–H groups in total. The highest BCUT2D eigenvalue weighted by Gasteiger charge is 2.27. The summed E-state index contributed by atoms with van der Waals surface area (Å²) >= 11 is 0. The number of non-ortho nitro benzene ring substituents is 1. The highest BCUT2D eigenvalue weighted by atomic mass is 16.6. The molecule has 0 saturated carbocycles. The Morgan fingerprint density at radius 3 is 2.46 bits per heavy atom. The maximum absolute atomic E-state index is 12.1. The van der Waals surface area contributed by atoms with Gasteiger partial charge in [-0.15, -0.1) is 0 Å². The molecule has 0 spiro atoms. The number of nitrogens with zero attached hydrogens (tertiary/aromatic N) is 2. The zero-order valence-electron chi connectivity index (χ0n) is 13.2. The average Bonchev–Trinajstić information content (AvgIpc) is 2.59. The van der Waals surface area contributed by atoms with Gasteiger partial charge in [0.15, 0.2) is 0 Å². The predicted octanol–water partition coefficient (Wildman–Crippen LogP) is 0.614. The van der Waals surface area contributed by atoms with E-state index >= 15 is 0 Å². The Morgan fingerprint density at radius 1 is 1.21 bits per heavy atom. The number of hydrazine groups is 1. The van der Waals surface area contributed by atoms with Crippen LogP contribution in [0.1, 0.15) is 30.1 Å². The van der Waals surface area contributed by atoms with Crippen molar-refractivity contribution in [3.8, 4) is 0 Å². The summed E-state index contributed by atoms with van der Waals surface area (Å²) in [4.78, 5) is 47.0. The summed E-state index contributed by atoms with van der Waals surface area (Å²) in [6.45, 7) is 2.42. The second-order valence-corrected chi connectivity index (χ2v) is 5.55. The Balaban J connectivity index is 1.87. The van der Waals surface area contributed by atoms with Crippen molar-refractivity contribution in [3.63, 3.8) is 0 Å². The standard InChI is InChI=1S/C15H18N4O5/c1-10(20)18-8-2-3-12(9-18)15(22)17-16-14(21)11-4-6-13(7-5-11)19(23)24/h4-7,12H,2-3,8-9H2,1H3,(H,16,21)(H,17,22)/t12-/m1/s1. The largest absolute Gasteiger partial charge is 0.342 e. The molecule has 24 heavy (non-hydrogen) atoms. The molecule has 2 rings (SSSR count). The number of nitro groups is 1. The molecule has 0 unspecified atom stereocenters. The van der Waals surface area contributed by atoms with Gasteiger partial charge >= 0.3 is 0 Å². The van der Waals surface area contributed by atoms with E-state index in [0.717, 1.165) is 6.42 Å². The first-order valence-corrected chi connectivity index (χ1v) is 7.48. The van der Waals surface area contributed by atoms with Gasteiger partial charge in [0.1, 0.15) is 0 Å². The lowest BCUT2D eigenvalue weighted by molar-refractivity contribution is -0.384. The molecule has 9 nitrogen and oxygen atoms in total. The fraction of sp³-hybridized carbons (Fsp3) is 0.400. The number of hydrogen-bond acceptors (Lipinski definition) is 5. The summed E-state index contributed by atoms with van der Waals surface area (Å²) in [5.74, 6) is -1.39. The summed E-state index contributed by atoms with van der Waals surface area (Å²) in [5, 5.41) is 10.6. The second kappa shape index (κ2) is 7.53. The van der Waals surface area contributed by atoms with Crippen LogP contribution < -0.4 is 10.9 Å². The number of nitrogens with one attached hydrogen (secondary N) is 2. The van der Waals surface area contributed by atoms with E-state index in [1.54, 1.807) is 4.90 Å². The van der Waals surface area contributed by atoms with Crippen molar-refractivity contribution in [2.24, 2.45) is 5.92 Å². The minimum Gasteiger partial charge on any atom is -0.342 e. The first-order valence-electron chi connectivity index (χ1n) is 7.48. The third-order valence-electron chi connectivity index (χ3n) is 3.88. The van der Waals surface area contributed by atoms with Crippen molar-refractivity contribution >= 4 is 23.4 Å². The van der Waals surface area contributed by atoms with E-state index in [1.807, 2.05) is 0 Å². The number of carbonyl (C=O) groups is 3. The summed E-state index contributed by atoms with van der Waals surface area (Å²) in [5.41, 5.74) is 4.68. The molecule has 1 aromatic rings. The Kier molecular flexibility index (Phi) is 5.46. The third kappa shape index (κ3) is 4.28. The normalized spacial score (nSPS) is 17.0. The number of piperidine rings is 1. The fourth-order valence-electron chi connectivity index (χ4n) is 2.50. The topological polar surface area (TPSA) is 122 Å². The molecule has 128 valence electrons. The van der Waals surface area contributed by atoms with Gasteiger partial charge in [0.25, 0.3) is 11.6 Å². The summed E-state index contributed by atoms with van der Waals surface area (Å²) in [7, 11) is 0. The van der Waals surface area contributed by atoms with Crippen molar-refractivity contribution < 1.29 is 19.3 Å². The molecule has 0 aromatic heterocycles. The van der Waals surface area contributed by atoms with Gasteiger partial charge in [0.05, 0.1) is 10.8 Å². The number of hydrogen-bond donors (Lipinski definition) is 2. The maximum atomic E-state index is 12.1. The molecule has 1 atom stereocenters. The molecule has 1 saturated heterocycles. The number of benzene rings is 1. The highest BCUT2D eigenvalue weighted by Crippen LogP contribution is 2.16. The molecule has 9 heteroatoms. The van der Waals surface area contributed by atoms with Gasteiger partial charge in [-0.3, -0.25) is 35.3 Å². The zero-order chi connectivity index (χ0) is 17.7. The number of carbonyl (C=O) groups excluding carboxylic acids is 3. The van der Waals surface area contributed by atoms with Crippen LogP contribution in [0.5, 0.6) is 0 Å². The van der Waals surface area contributed by atoms with E-state index in [2.05, 4.69) is 10.9 Å². The van der Waals surface area contributed by atoms with E-state index in [9.17, 15) is 24.5 Å². The Labute approximate surface area is 138 Å². The monoisotopic (exact) mass is 334 g/mol. The highest BCUT2D eigenvalue weighted by molar-refractivity contribution is 5.95. The van der Waals surface area contributed by atoms with Crippen molar-refractivity contribution in [1.29, 1.82) is 0 Å². The van der Waals surface area contributed by atoms with Gasteiger partial charge in [-0.25, -0.2) is 0 Å². The van der Waals surface area contributed by atoms with Crippen LogP contribution in [0, 0.1) is 16.0 Å². The van der Waals surface area contributed by atoms with Crippen LogP contribution in [-0.4, -0.2) is 40.6 Å². The summed E-state index contributed by atoms with van der Waals surface area (Å²) in [6, 6.07) is 5.03. The van der Waals surface area contributed by atoms with Gasteiger partial charge in [-0.1, -0.05) is 0 Å². The Bertz CT molecular complexity index is 658. The van der Waals surface area contributed by atoms with Crippen LogP contribution >= 0.6 is 0 Å². The molecule has 0 radical (unpaired) electrons. The number of amides is 3. The third-order valence-corrected chi connectivity index (χ3v) is 3.88. The second-order valence-electron chi connectivity index (χ2n) is 5.55. The van der Waals surface area contributed by atoms with Gasteiger partial charge in [0.2, 0.25) is 11.8 Å². The van der Waals surface area contributed by atoms with E-state index in [0.29, 0.717) is 19.5 Å². The molecule has 1 heterocycles. The molecule has 3 amide bonds. The van der Waals surface area contributed by atoms with Crippen LogP contribution in [0.15, 0.2) is 24.3 Å². The lowest BCUT2D eigenvalue weighted by Crippen LogP contribution is -2.49. The van der Waals surface area contributed by atoms with Crippen LogP contribution in [-0.2, 0) is 9.59 Å². The van der Waals surface area contributed by atoms with E-state index in [1.165, 1.54) is 31.2 Å². The van der Waals surface area contributed by atoms with Crippen LogP contribution in [0.25, 0.3) is 0 Å². The molecule has 1 fully saturated rings. The first-order chi connectivity index (χ1) is 11.4. The smallest absolute Gasteiger partial charge is 0.269 e. The number of rotatable bonds is 3. The van der Waals surface area contributed by atoms with Crippen LogP contribution in [0.4, 0.5) is 5.69 Å². The van der Waals surface area contributed by atoms with Gasteiger partial charge in [0, 0.05) is 37.7 Å². The van der Waals surface area contributed by atoms with Gasteiger partial charge in [-0.05, 0) is 25.0 Å². The molecule has 0 aliphatic carbocycles. The van der Waals surface area contributed by atoms with Crippen LogP contribution in [0.3, 0.4) is 0 Å². The van der Waals surface area contributed by atoms with Crippen LogP contribution in [0.2, 0.25) is 0 Å². The predicted molar refractivity (Wildman–Crippen MR) is 83.7 cm³/mol. The molecular formula is C15H18N4O5. The quantitative estimate of drug-likeness (QED) is 0.619. The zero-order valence-corrected chi connectivity index (χ0v) is 13.2. The first kappa shape index (κ1) is 17.4. The number of likely N-dealkylation sites (tertiary alicyclic amines) is 1. The van der Waals surface area contributed by atoms with Crippen molar-refractivity contribution in [1.82, 2.24) is 15.8 Å². The molecule has 1 aromatic carbocycles. The van der Waals surface area contributed by atoms with Crippen molar-refractivity contribution in [2.45, 2.75) is 19.8 Å².